The Kier molecular flexibility index (Phi) is 40.0. The maximum atomic E-state index is 12.6. The summed E-state index contributed by atoms with van der Waals surface area (Å²) in [5, 5.41) is 0. The Labute approximate surface area is 330 Å². The lowest BCUT2D eigenvalue weighted by molar-refractivity contribution is -0.154. The molecular weight excluding hydrogens is 697 g/mol. The molecule has 0 saturated carbocycles. The van der Waals surface area contributed by atoms with Crippen LogP contribution in [0.4, 0.5) is 0 Å². The number of nitrogens with two attached hydrogens (primary N) is 1. The van der Waals surface area contributed by atoms with E-state index < -0.39 is 13.9 Å². The Bertz CT molecular complexity index is 1100. The van der Waals surface area contributed by atoms with Gasteiger partial charge in [0.05, 0.1) is 19.8 Å². The van der Waals surface area contributed by atoms with E-state index in [2.05, 4.69) is 98.9 Å². The lowest BCUT2D eigenvalue weighted by Crippen LogP contribution is -2.28. The summed E-state index contributed by atoms with van der Waals surface area (Å²) in [5.41, 5.74) is 5.36. The van der Waals surface area contributed by atoms with Gasteiger partial charge in [-0.05, 0) is 83.5 Å². The average Bonchev–Trinajstić information content (AvgIpc) is 3.16. The molecule has 0 aromatic rings. The average molecular weight is 776 g/mol. The fraction of sp³-hybridized carbons (Fsp3) is 0.667. The monoisotopic (exact) mass is 776 g/mol. The largest absolute Gasteiger partial charge is 0.472 e. The number of allylic oxidation sites excluding steroid dienone is 14. The quantitative estimate of drug-likeness (QED) is 0.0274. The summed E-state index contributed by atoms with van der Waals surface area (Å²) in [5.74, 6) is -0.363. The molecule has 0 aliphatic rings. The Morgan fingerprint density at radius 3 is 1.57 bits per heavy atom. The summed E-state index contributed by atoms with van der Waals surface area (Å²) >= 11 is 0. The highest BCUT2D eigenvalue weighted by Crippen LogP contribution is 2.43. The minimum absolute atomic E-state index is 0.0682. The fourth-order valence-electron chi connectivity index (χ4n) is 5.24. The van der Waals surface area contributed by atoms with Gasteiger partial charge in [0.15, 0.2) is 0 Å². The molecule has 2 unspecified atom stereocenters. The number of ether oxygens (including phenoxy) is 2. The Balaban J connectivity index is 4.20. The first kappa shape index (κ1) is 51.7. The van der Waals surface area contributed by atoms with Crippen molar-refractivity contribution >= 4 is 13.8 Å². The van der Waals surface area contributed by atoms with Gasteiger partial charge in [-0.15, -0.1) is 0 Å². The number of rotatable bonds is 39. The summed E-state index contributed by atoms with van der Waals surface area (Å²) in [6.45, 7) is 4.61. The predicted molar refractivity (Wildman–Crippen MR) is 228 cm³/mol. The molecule has 0 bridgehead atoms. The highest BCUT2D eigenvalue weighted by atomic mass is 31.2. The van der Waals surface area contributed by atoms with E-state index in [1.54, 1.807) is 0 Å². The van der Waals surface area contributed by atoms with E-state index >= 15 is 0 Å². The van der Waals surface area contributed by atoms with Crippen LogP contribution in [0, 0.1) is 0 Å². The molecule has 0 amide bonds. The van der Waals surface area contributed by atoms with E-state index in [0.29, 0.717) is 6.61 Å². The van der Waals surface area contributed by atoms with Gasteiger partial charge < -0.3 is 20.1 Å². The first-order valence-corrected chi connectivity index (χ1v) is 22.6. The van der Waals surface area contributed by atoms with Crippen LogP contribution in [0.25, 0.3) is 0 Å². The molecule has 0 spiro atoms. The highest BCUT2D eigenvalue weighted by Gasteiger charge is 2.25. The van der Waals surface area contributed by atoms with E-state index in [0.717, 1.165) is 83.5 Å². The number of carbonyl (C=O) groups excluding carboxylic acids is 1. The zero-order valence-corrected chi connectivity index (χ0v) is 35.1. The minimum atomic E-state index is -4.30. The maximum absolute atomic E-state index is 12.6. The topological polar surface area (TPSA) is 117 Å². The molecule has 0 rings (SSSR count). The van der Waals surface area contributed by atoms with Crippen LogP contribution in [0.15, 0.2) is 85.1 Å². The molecule has 54 heavy (non-hydrogen) atoms. The Morgan fingerprint density at radius 2 is 1.04 bits per heavy atom. The van der Waals surface area contributed by atoms with Crippen molar-refractivity contribution in [3.8, 4) is 0 Å². The van der Waals surface area contributed by atoms with Crippen LogP contribution in [-0.2, 0) is 27.9 Å². The normalized spacial score (nSPS) is 14.4. The first-order chi connectivity index (χ1) is 26.4. The van der Waals surface area contributed by atoms with E-state index in [-0.39, 0.29) is 38.8 Å². The standard InChI is InChI=1S/C45H78NO7P/c1-3-5-7-9-11-13-15-17-19-20-21-22-23-25-27-29-31-33-35-37-40-50-42-44(43-52-54(48,49)51-41-39-46)53-45(47)38-36-34-32-30-28-26-24-18-16-14-12-10-8-6-4-2/h5,7,11,13,17-19,21-22,24-25,27,31,33,44H,3-4,6,8-10,12,14-16,20,23,26,28-30,32,34-43,46H2,1-2H3,(H,48,49)/b7-5-,13-11-,19-17-,22-21-,24-18-,27-25-,33-31-. The third kappa shape index (κ3) is 40.9. The smallest absolute Gasteiger partial charge is 0.457 e. The second-order valence-corrected chi connectivity index (χ2v) is 14.9. The molecule has 0 aliphatic heterocycles. The molecule has 0 heterocycles. The summed E-state index contributed by atoms with van der Waals surface area (Å²) in [4.78, 5) is 22.4. The highest BCUT2D eigenvalue weighted by molar-refractivity contribution is 7.47. The SMILES string of the molecule is CC/C=C\C/C=C\C/C=C\C/C=C\C/C=C\C/C=C\CCCOCC(COP(=O)(O)OCCN)OC(=O)CCCCCCC/C=C\CCCCCCCC. The van der Waals surface area contributed by atoms with Crippen molar-refractivity contribution in [1.29, 1.82) is 0 Å². The van der Waals surface area contributed by atoms with Crippen molar-refractivity contribution in [2.24, 2.45) is 5.73 Å². The molecule has 0 aromatic heterocycles. The van der Waals surface area contributed by atoms with Gasteiger partial charge >= 0.3 is 13.8 Å². The van der Waals surface area contributed by atoms with Crippen molar-refractivity contribution in [3.63, 3.8) is 0 Å². The van der Waals surface area contributed by atoms with Gasteiger partial charge in [0, 0.05) is 19.6 Å². The molecule has 0 saturated heterocycles. The zero-order valence-electron chi connectivity index (χ0n) is 34.2. The lowest BCUT2D eigenvalue weighted by Gasteiger charge is -2.20. The molecule has 310 valence electrons. The van der Waals surface area contributed by atoms with Crippen molar-refractivity contribution in [1.82, 2.24) is 0 Å². The maximum Gasteiger partial charge on any atom is 0.472 e. The minimum Gasteiger partial charge on any atom is -0.457 e. The summed E-state index contributed by atoms with van der Waals surface area (Å²) in [6, 6.07) is 0. The second-order valence-electron chi connectivity index (χ2n) is 13.5. The van der Waals surface area contributed by atoms with Crippen LogP contribution in [0.5, 0.6) is 0 Å². The van der Waals surface area contributed by atoms with Crippen LogP contribution in [0.1, 0.15) is 155 Å². The van der Waals surface area contributed by atoms with Crippen molar-refractivity contribution in [3.05, 3.63) is 85.1 Å². The first-order valence-electron chi connectivity index (χ1n) is 21.1. The number of hydrogen-bond acceptors (Lipinski definition) is 7. The van der Waals surface area contributed by atoms with Crippen molar-refractivity contribution in [2.75, 3.05) is 33.0 Å². The van der Waals surface area contributed by atoms with Crippen LogP contribution in [0.2, 0.25) is 0 Å². The van der Waals surface area contributed by atoms with Gasteiger partial charge in [-0.1, -0.05) is 150 Å². The van der Waals surface area contributed by atoms with Gasteiger partial charge in [0.2, 0.25) is 0 Å². The summed E-state index contributed by atoms with van der Waals surface area (Å²) < 4.78 is 33.3. The zero-order chi connectivity index (χ0) is 39.5. The fourth-order valence-corrected chi connectivity index (χ4v) is 6.01. The van der Waals surface area contributed by atoms with Crippen molar-refractivity contribution in [2.45, 2.75) is 161 Å². The molecular formula is C45H78NO7P. The third-order valence-corrected chi connectivity index (χ3v) is 9.28. The molecule has 8 nitrogen and oxygen atoms in total. The lowest BCUT2D eigenvalue weighted by atomic mass is 10.1. The molecule has 0 aliphatic carbocycles. The Hall–Kier alpha value is -2.32. The predicted octanol–water partition coefficient (Wildman–Crippen LogP) is 12.5. The van der Waals surface area contributed by atoms with Gasteiger partial charge in [-0.25, -0.2) is 4.57 Å². The van der Waals surface area contributed by atoms with E-state index in [9.17, 15) is 14.3 Å². The number of phosphoric acid groups is 1. The number of unbranched alkanes of at least 4 members (excludes halogenated alkanes) is 12. The van der Waals surface area contributed by atoms with Crippen LogP contribution >= 0.6 is 7.82 Å². The van der Waals surface area contributed by atoms with E-state index in [1.165, 1.54) is 51.4 Å². The van der Waals surface area contributed by atoms with Gasteiger partial charge in [0.25, 0.3) is 0 Å². The molecule has 0 aromatic carbocycles. The van der Waals surface area contributed by atoms with Crippen LogP contribution < -0.4 is 5.73 Å². The van der Waals surface area contributed by atoms with Gasteiger partial charge in [0.1, 0.15) is 6.10 Å². The number of esters is 1. The second kappa shape index (κ2) is 41.8. The molecule has 2 atom stereocenters. The molecule has 9 heteroatoms. The third-order valence-electron chi connectivity index (χ3n) is 8.30. The van der Waals surface area contributed by atoms with Crippen molar-refractivity contribution < 1.29 is 32.8 Å². The molecule has 0 radical (unpaired) electrons. The molecule has 0 fully saturated rings. The number of hydrogen-bond donors (Lipinski definition) is 2. The summed E-state index contributed by atoms with van der Waals surface area (Å²) in [6.07, 6.45) is 53.3. The van der Waals surface area contributed by atoms with Gasteiger partial charge in [-0.3, -0.25) is 13.8 Å². The van der Waals surface area contributed by atoms with Gasteiger partial charge in [-0.2, -0.15) is 0 Å². The summed E-state index contributed by atoms with van der Waals surface area (Å²) in [7, 11) is -4.30. The van der Waals surface area contributed by atoms with Crippen LogP contribution in [-0.4, -0.2) is 49.9 Å². The molecule has 3 N–H and O–H groups in total. The van der Waals surface area contributed by atoms with E-state index in [4.69, 9.17) is 24.3 Å². The number of phosphoric ester groups is 1. The Morgan fingerprint density at radius 1 is 0.574 bits per heavy atom. The number of carbonyl (C=O) groups is 1. The van der Waals surface area contributed by atoms with Crippen LogP contribution in [0.3, 0.4) is 0 Å². The van der Waals surface area contributed by atoms with E-state index in [1.807, 2.05) is 0 Å².